The van der Waals surface area contributed by atoms with E-state index in [0.29, 0.717) is 17.7 Å². The first-order valence-corrected chi connectivity index (χ1v) is 6.80. The Morgan fingerprint density at radius 3 is 2.62 bits per heavy atom. The van der Waals surface area contributed by atoms with Crippen molar-refractivity contribution in [2.45, 2.75) is 18.8 Å². The number of allylic oxidation sites excluding steroid dienone is 1. The minimum atomic E-state index is -0.929. The van der Waals surface area contributed by atoms with Crippen molar-refractivity contribution in [1.29, 1.82) is 0 Å². The van der Waals surface area contributed by atoms with Gasteiger partial charge in [0.2, 0.25) is 0 Å². The van der Waals surface area contributed by atoms with Crippen LogP contribution in [0.25, 0.3) is 0 Å². The van der Waals surface area contributed by atoms with Crippen LogP contribution in [0.2, 0.25) is 0 Å². The summed E-state index contributed by atoms with van der Waals surface area (Å²) in [5, 5.41) is 9.81. The minimum absolute atomic E-state index is 0.120. The van der Waals surface area contributed by atoms with Gasteiger partial charge in [0.25, 0.3) is 0 Å². The van der Waals surface area contributed by atoms with Gasteiger partial charge in [-0.05, 0) is 37.1 Å². The Balaban J connectivity index is 2.29. The van der Waals surface area contributed by atoms with Crippen LogP contribution in [0.5, 0.6) is 11.5 Å². The molecule has 1 heterocycles. The maximum Gasteiger partial charge on any atom is 0.326 e. The summed E-state index contributed by atoms with van der Waals surface area (Å²) in [5.41, 5.74) is 1.50. The van der Waals surface area contributed by atoms with Gasteiger partial charge in [-0.25, -0.2) is 0 Å². The Morgan fingerprint density at radius 1 is 1.24 bits per heavy atom. The molecule has 1 unspecified atom stereocenters. The van der Waals surface area contributed by atoms with Crippen LogP contribution < -0.4 is 4.74 Å². The van der Waals surface area contributed by atoms with Crippen LogP contribution in [-0.4, -0.2) is 11.1 Å². The van der Waals surface area contributed by atoms with E-state index in [2.05, 4.69) is 6.58 Å². The third-order valence-corrected chi connectivity index (χ3v) is 3.81. The highest BCUT2D eigenvalue weighted by atomic mass is 16.5. The fourth-order valence-corrected chi connectivity index (χ4v) is 2.96. The van der Waals surface area contributed by atoms with Crippen molar-refractivity contribution >= 4 is 5.97 Å². The third kappa shape index (κ3) is 2.02. The molecule has 0 spiro atoms. The molecule has 1 N–H and O–H groups in total. The second-order valence-electron chi connectivity index (χ2n) is 5.48. The number of carbonyl (C=O) groups excluding carboxylic acids is 1. The second-order valence-corrected chi connectivity index (χ2v) is 5.48. The lowest BCUT2D eigenvalue weighted by atomic mass is 9.71. The Labute approximate surface area is 123 Å². The molecule has 1 aliphatic heterocycles. The van der Waals surface area contributed by atoms with E-state index in [4.69, 9.17) is 4.74 Å². The third-order valence-electron chi connectivity index (χ3n) is 3.81. The molecule has 1 aliphatic rings. The van der Waals surface area contributed by atoms with Crippen molar-refractivity contribution < 1.29 is 14.6 Å². The van der Waals surface area contributed by atoms with E-state index in [9.17, 15) is 9.90 Å². The fourth-order valence-electron chi connectivity index (χ4n) is 2.96. The monoisotopic (exact) mass is 280 g/mol. The van der Waals surface area contributed by atoms with Gasteiger partial charge < -0.3 is 9.84 Å². The van der Waals surface area contributed by atoms with E-state index in [1.165, 1.54) is 6.07 Å². The molecule has 0 radical (unpaired) electrons. The number of hydrogen-bond acceptors (Lipinski definition) is 3. The Kier molecular flexibility index (Phi) is 3.05. The number of ether oxygens (including phenoxy) is 1. The number of fused-ring (bicyclic) bond motifs is 1. The quantitative estimate of drug-likeness (QED) is 0.531. The average molecular weight is 280 g/mol. The number of hydrogen-bond donors (Lipinski definition) is 1. The zero-order valence-corrected chi connectivity index (χ0v) is 11.8. The summed E-state index contributed by atoms with van der Waals surface area (Å²) in [4.78, 5) is 12.7. The summed E-state index contributed by atoms with van der Waals surface area (Å²) in [6, 6.07) is 14.3. The summed E-state index contributed by atoms with van der Waals surface area (Å²) < 4.78 is 5.44. The number of benzene rings is 2. The van der Waals surface area contributed by atoms with E-state index < -0.39 is 5.41 Å². The van der Waals surface area contributed by atoms with Crippen molar-refractivity contribution in [2.75, 3.05) is 0 Å². The van der Waals surface area contributed by atoms with E-state index in [0.717, 1.165) is 11.1 Å². The highest BCUT2D eigenvalue weighted by molar-refractivity contribution is 5.95. The van der Waals surface area contributed by atoms with Gasteiger partial charge in [-0.3, -0.25) is 4.79 Å². The molecular formula is C18H16O3. The van der Waals surface area contributed by atoms with Gasteiger partial charge in [-0.2, -0.15) is 0 Å². The molecule has 2 aromatic carbocycles. The molecule has 1 atom stereocenters. The van der Waals surface area contributed by atoms with E-state index in [1.54, 1.807) is 12.1 Å². The molecule has 0 aliphatic carbocycles. The molecule has 0 fully saturated rings. The zero-order chi connectivity index (χ0) is 15.0. The maximum absolute atomic E-state index is 12.7. The van der Waals surface area contributed by atoms with Crippen molar-refractivity contribution in [3.63, 3.8) is 0 Å². The Morgan fingerprint density at radius 2 is 1.95 bits per heavy atom. The van der Waals surface area contributed by atoms with Crippen LogP contribution in [0.1, 0.15) is 24.5 Å². The second kappa shape index (κ2) is 4.77. The summed E-state index contributed by atoms with van der Waals surface area (Å²) in [6.45, 7) is 5.84. The summed E-state index contributed by atoms with van der Waals surface area (Å²) in [5.74, 6) is 0.300. The highest BCUT2D eigenvalue weighted by Gasteiger charge is 2.50. The first-order chi connectivity index (χ1) is 10.0. The molecule has 0 saturated carbocycles. The van der Waals surface area contributed by atoms with Crippen LogP contribution in [0.3, 0.4) is 0 Å². The number of esters is 1. The number of phenolic OH excluding ortho intramolecular Hbond substituents is 1. The van der Waals surface area contributed by atoms with Crippen molar-refractivity contribution in [3.8, 4) is 11.5 Å². The molecule has 106 valence electrons. The normalized spacial score (nSPS) is 20.0. The summed E-state index contributed by atoms with van der Waals surface area (Å²) in [7, 11) is 0. The molecular weight excluding hydrogens is 264 g/mol. The average Bonchev–Trinajstić information content (AvgIpc) is 2.73. The summed E-state index contributed by atoms with van der Waals surface area (Å²) >= 11 is 0. The van der Waals surface area contributed by atoms with Crippen molar-refractivity contribution in [3.05, 3.63) is 71.8 Å². The van der Waals surface area contributed by atoms with E-state index >= 15 is 0 Å². The molecule has 0 bridgehead atoms. The molecule has 3 rings (SSSR count). The van der Waals surface area contributed by atoms with Crippen LogP contribution in [0, 0.1) is 0 Å². The standard InChI is InChI=1S/C18H16O3/c1-12(2)11-18(13-6-4-3-5-7-13)15-10-14(19)8-9-16(15)21-17(18)20/h3-10,19H,1,11H2,2H3. The molecule has 0 saturated heterocycles. The number of aromatic hydroxyl groups is 1. The first kappa shape index (κ1) is 13.4. The lowest BCUT2D eigenvalue weighted by Gasteiger charge is -2.27. The number of rotatable bonds is 3. The van der Waals surface area contributed by atoms with Crippen LogP contribution in [-0.2, 0) is 10.2 Å². The fraction of sp³-hybridized carbons (Fsp3) is 0.167. The van der Waals surface area contributed by atoms with Crippen LogP contribution in [0.15, 0.2) is 60.7 Å². The smallest absolute Gasteiger partial charge is 0.326 e. The number of carbonyl (C=O) groups is 1. The van der Waals surface area contributed by atoms with Gasteiger partial charge >= 0.3 is 5.97 Å². The molecule has 21 heavy (non-hydrogen) atoms. The lowest BCUT2D eigenvalue weighted by molar-refractivity contribution is -0.136. The Bertz CT molecular complexity index is 718. The van der Waals surface area contributed by atoms with Crippen molar-refractivity contribution in [1.82, 2.24) is 0 Å². The van der Waals surface area contributed by atoms with E-state index in [-0.39, 0.29) is 11.7 Å². The Hall–Kier alpha value is -2.55. The van der Waals surface area contributed by atoms with Gasteiger partial charge in [-0.1, -0.05) is 35.9 Å². The molecule has 3 nitrogen and oxygen atoms in total. The minimum Gasteiger partial charge on any atom is -0.508 e. The molecule has 2 aromatic rings. The molecule has 3 heteroatoms. The predicted molar refractivity (Wildman–Crippen MR) is 80.4 cm³/mol. The molecule has 0 aromatic heterocycles. The number of phenols is 1. The van der Waals surface area contributed by atoms with E-state index in [1.807, 2.05) is 37.3 Å². The van der Waals surface area contributed by atoms with Gasteiger partial charge in [0.05, 0.1) is 0 Å². The van der Waals surface area contributed by atoms with Gasteiger partial charge in [-0.15, -0.1) is 6.58 Å². The SMILES string of the molecule is C=C(C)CC1(c2ccccc2)C(=O)Oc2ccc(O)cc21. The maximum atomic E-state index is 12.7. The van der Waals surface area contributed by atoms with Gasteiger partial charge in [0, 0.05) is 5.56 Å². The summed E-state index contributed by atoms with van der Waals surface area (Å²) in [6.07, 6.45) is 0.451. The van der Waals surface area contributed by atoms with Gasteiger partial charge in [0.1, 0.15) is 16.9 Å². The lowest BCUT2D eigenvalue weighted by Crippen LogP contribution is -2.35. The van der Waals surface area contributed by atoms with Gasteiger partial charge in [0.15, 0.2) is 0 Å². The topological polar surface area (TPSA) is 46.5 Å². The first-order valence-electron chi connectivity index (χ1n) is 6.80. The highest BCUT2D eigenvalue weighted by Crippen LogP contribution is 2.48. The predicted octanol–water partition coefficient (Wildman–Crippen LogP) is 3.56. The molecule has 0 amide bonds. The largest absolute Gasteiger partial charge is 0.508 e. The van der Waals surface area contributed by atoms with Crippen molar-refractivity contribution in [2.24, 2.45) is 0 Å². The zero-order valence-electron chi connectivity index (χ0n) is 11.8. The van der Waals surface area contributed by atoms with Crippen LogP contribution >= 0.6 is 0 Å². The van der Waals surface area contributed by atoms with Crippen LogP contribution in [0.4, 0.5) is 0 Å².